The van der Waals surface area contributed by atoms with Crippen LogP contribution in [0.3, 0.4) is 0 Å². The van der Waals surface area contributed by atoms with Gasteiger partial charge in [0.2, 0.25) is 12.1 Å². The molecule has 32 heavy (non-hydrogen) atoms. The number of aryl methyl sites for hydroxylation is 2. The average Bonchev–Trinajstić information content (AvgIpc) is 3.24. The second-order valence-electron chi connectivity index (χ2n) is 7.71. The van der Waals surface area contributed by atoms with Crippen molar-refractivity contribution in [3.05, 3.63) is 65.4 Å². The summed E-state index contributed by atoms with van der Waals surface area (Å²) >= 11 is 0. The van der Waals surface area contributed by atoms with E-state index in [4.69, 9.17) is 13.9 Å². The van der Waals surface area contributed by atoms with Gasteiger partial charge in [-0.1, -0.05) is 24.3 Å². The summed E-state index contributed by atoms with van der Waals surface area (Å²) in [7, 11) is 0. The molecule has 0 saturated carbocycles. The van der Waals surface area contributed by atoms with E-state index in [1.165, 1.54) is 6.07 Å². The SMILES string of the molecule is O=C(OC1OC(CO)C(O)C(O)C1O)c1cc2c(CCc3ccc(O)cc3)cccc2o1. The number of rotatable bonds is 6. The van der Waals surface area contributed by atoms with Crippen LogP contribution in [0.25, 0.3) is 11.0 Å². The van der Waals surface area contributed by atoms with Crippen molar-refractivity contribution < 1.29 is 44.2 Å². The molecule has 1 fully saturated rings. The number of hydrogen-bond acceptors (Lipinski definition) is 9. The Balaban J connectivity index is 1.49. The number of aliphatic hydroxyl groups is 4. The average molecular weight is 444 g/mol. The molecule has 1 aliphatic heterocycles. The van der Waals surface area contributed by atoms with Gasteiger partial charge in [-0.05, 0) is 48.2 Å². The summed E-state index contributed by atoms with van der Waals surface area (Å²) in [6.07, 6.45) is -6.28. The second-order valence-corrected chi connectivity index (χ2v) is 7.71. The molecule has 5 atom stereocenters. The summed E-state index contributed by atoms with van der Waals surface area (Å²) in [6, 6.07) is 13.9. The molecule has 9 nitrogen and oxygen atoms in total. The molecule has 0 spiro atoms. The lowest BCUT2D eigenvalue weighted by Gasteiger charge is -2.38. The Morgan fingerprint density at radius 3 is 2.44 bits per heavy atom. The van der Waals surface area contributed by atoms with Gasteiger partial charge in [0.25, 0.3) is 0 Å². The van der Waals surface area contributed by atoms with Gasteiger partial charge in [0.05, 0.1) is 6.61 Å². The number of phenolic OH excluding ortho intramolecular Hbond substituents is 1. The Bertz CT molecular complexity index is 1070. The number of aromatic hydroxyl groups is 1. The topological polar surface area (TPSA) is 150 Å². The summed E-state index contributed by atoms with van der Waals surface area (Å²) in [4.78, 5) is 12.6. The number of fused-ring (bicyclic) bond motifs is 1. The van der Waals surface area contributed by atoms with Gasteiger partial charge in [0.1, 0.15) is 35.7 Å². The lowest BCUT2D eigenvalue weighted by Crippen LogP contribution is -2.59. The Morgan fingerprint density at radius 2 is 1.72 bits per heavy atom. The second kappa shape index (κ2) is 9.27. The number of furan rings is 1. The fourth-order valence-corrected chi connectivity index (χ4v) is 3.71. The lowest BCUT2D eigenvalue weighted by molar-refractivity contribution is -0.285. The number of phenols is 1. The summed E-state index contributed by atoms with van der Waals surface area (Å²) in [6.45, 7) is -0.631. The number of benzene rings is 2. The zero-order valence-corrected chi connectivity index (χ0v) is 17.0. The molecular weight excluding hydrogens is 420 g/mol. The van der Waals surface area contributed by atoms with E-state index in [2.05, 4.69) is 0 Å². The van der Waals surface area contributed by atoms with E-state index in [-0.39, 0.29) is 11.5 Å². The summed E-state index contributed by atoms with van der Waals surface area (Å²) in [5, 5.41) is 49.1. The Morgan fingerprint density at radius 1 is 0.969 bits per heavy atom. The quantitative estimate of drug-likeness (QED) is 0.349. The Kier molecular flexibility index (Phi) is 6.45. The highest BCUT2D eigenvalue weighted by Crippen LogP contribution is 2.27. The van der Waals surface area contributed by atoms with Crippen LogP contribution in [0, 0.1) is 0 Å². The third kappa shape index (κ3) is 4.47. The third-order valence-electron chi connectivity index (χ3n) is 5.54. The number of aliphatic hydroxyl groups excluding tert-OH is 4. The predicted octanol–water partition coefficient (Wildman–Crippen LogP) is 0.880. The monoisotopic (exact) mass is 444 g/mol. The van der Waals surface area contributed by atoms with Crippen molar-refractivity contribution in [2.24, 2.45) is 0 Å². The maximum Gasteiger partial charge on any atom is 0.376 e. The van der Waals surface area contributed by atoms with E-state index < -0.39 is 43.3 Å². The molecule has 1 saturated heterocycles. The van der Waals surface area contributed by atoms with Gasteiger partial charge in [-0.25, -0.2) is 4.79 Å². The summed E-state index contributed by atoms with van der Waals surface area (Å²) in [5.74, 6) is -0.836. The maximum atomic E-state index is 12.6. The lowest BCUT2D eigenvalue weighted by atomic mass is 9.99. The molecule has 1 aliphatic rings. The van der Waals surface area contributed by atoms with Crippen molar-refractivity contribution >= 4 is 16.9 Å². The minimum atomic E-state index is -1.69. The van der Waals surface area contributed by atoms with Gasteiger partial charge in [0.15, 0.2) is 0 Å². The molecule has 5 N–H and O–H groups in total. The van der Waals surface area contributed by atoms with Crippen LogP contribution < -0.4 is 0 Å². The summed E-state index contributed by atoms with van der Waals surface area (Å²) in [5.41, 5.74) is 2.48. The Hall–Kier alpha value is -2.95. The first-order chi connectivity index (χ1) is 15.4. The first-order valence-corrected chi connectivity index (χ1v) is 10.2. The van der Waals surface area contributed by atoms with Gasteiger partial charge in [-0.2, -0.15) is 0 Å². The van der Waals surface area contributed by atoms with E-state index in [0.29, 0.717) is 12.0 Å². The smallest absolute Gasteiger partial charge is 0.376 e. The Labute approximate surface area is 183 Å². The highest BCUT2D eigenvalue weighted by Gasteiger charge is 2.45. The van der Waals surface area contributed by atoms with Crippen molar-refractivity contribution in [2.75, 3.05) is 6.61 Å². The van der Waals surface area contributed by atoms with E-state index in [1.807, 2.05) is 24.3 Å². The molecule has 3 aromatic rings. The number of carbonyl (C=O) groups excluding carboxylic acids is 1. The van der Waals surface area contributed by atoms with Crippen molar-refractivity contribution in [2.45, 2.75) is 43.5 Å². The molecule has 170 valence electrons. The van der Waals surface area contributed by atoms with Crippen LogP contribution in [0.4, 0.5) is 0 Å². The third-order valence-corrected chi connectivity index (χ3v) is 5.54. The summed E-state index contributed by atoms with van der Waals surface area (Å²) < 4.78 is 16.0. The first kappa shape index (κ1) is 22.3. The molecule has 0 bridgehead atoms. The molecule has 1 aromatic heterocycles. The van der Waals surface area contributed by atoms with E-state index >= 15 is 0 Å². The van der Waals surface area contributed by atoms with Gasteiger partial charge >= 0.3 is 5.97 Å². The van der Waals surface area contributed by atoms with Crippen LogP contribution in [-0.2, 0) is 22.3 Å². The van der Waals surface area contributed by atoms with Gasteiger partial charge < -0.3 is 39.4 Å². The molecule has 2 aromatic carbocycles. The van der Waals surface area contributed by atoms with Crippen LogP contribution in [0.2, 0.25) is 0 Å². The highest BCUT2D eigenvalue weighted by molar-refractivity contribution is 5.93. The van der Waals surface area contributed by atoms with Crippen molar-refractivity contribution in [1.82, 2.24) is 0 Å². The van der Waals surface area contributed by atoms with Crippen LogP contribution in [0.15, 0.2) is 52.9 Å². The van der Waals surface area contributed by atoms with Crippen molar-refractivity contribution in [1.29, 1.82) is 0 Å². The largest absolute Gasteiger partial charge is 0.508 e. The molecule has 4 rings (SSSR count). The minimum absolute atomic E-state index is 0.117. The molecular formula is C23H24O9. The van der Waals surface area contributed by atoms with Gasteiger partial charge in [-0.3, -0.25) is 0 Å². The van der Waals surface area contributed by atoms with E-state index in [0.717, 1.165) is 22.9 Å². The maximum absolute atomic E-state index is 12.6. The normalized spacial score (nSPS) is 25.7. The van der Waals surface area contributed by atoms with Crippen LogP contribution in [-0.4, -0.2) is 68.8 Å². The zero-order chi connectivity index (χ0) is 22.8. The molecule has 9 heteroatoms. The number of ether oxygens (including phenoxy) is 2. The molecule has 5 unspecified atom stereocenters. The van der Waals surface area contributed by atoms with Crippen molar-refractivity contribution in [3.8, 4) is 5.75 Å². The van der Waals surface area contributed by atoms with Crippen molar-refractivity contribution in [3.63, 3.8) is 0 Å². The van der Waals surface area contributed by atoms with Gasteiger partial charge in [-0.15, -0.1) is 0 Å². The fourth-order valence-electron chi connectivity index (χ4n) is 3.71. The number of carbonyl (C=O) groups is 1. The fraction of sp³-hybridized carbons (Fsp3) is 0.348. The van der Waals surface area contributed by atoms with Crippen LogP contribution in [0.5, 0.6) is 5.75 Å². The van der Waals surface area contributed by atoms with Crippen LogP contribution >= 0.6 is 0 Å². The van der Waals surface area contributed by atoms with Gasteiger partial charge in [0, 0.05) is 5.39 Å². The standard InChI is InChI=1S/C23H24O9/c24-11-18-19(26)20(27)21(28)23(31-18)32-22(29)17-10-15-13(2-1-3-16(15)30-17)7-4-12-5-8-14(25)9-6-12/h1-3,5-6,8-10,18-21,23-28H,4,7,11H2. The van der Waals surface area contributed by atoms with E-state index in [1.54, 1.807) is 18.2 Å². The zero-order valence-electron chi connectivity index (χ0n) is 17.0. The molecule has 0 amide bonds. The molecule has 0 aliphatic carbocycles. The highest BCUT2D eigenvalue weighted by atomic mass is 16.7. The minimum Gasteiger partial charge on any atom is -0.508 e. The van der Waals surface area contributed by atoms with E-state index in [9.17, 15) is 30.3 Å². The molecule has 2 heterocycles. The number of esters is 1. The van der Waals surface area contributed by atoms with Crippen LogP contribution in [0.1, 0.15) is 21.7 Å². The predicted molar refractivity (Wildman–Crippen MR) is 111 cm³/mol. The molecule has 0 radical (unpaired) electrons. The number of hydrogen-bond donors (Lipinski definition) is 5. The first-order valence-electron chi connectivity index (χ1n) is 10.2.